The maximum atomic E-state index is 13.4. The van der Waals surface area contributed by atoms with Gasteiger partial charge in [0.05, 0.1) is 6.04 Å². The molecule has 0 aliphatic rings. The average Bonchev–Trinajstić information content (AvgIpc) is 2.70. The number of halogens is 1. The Kier molecular flexibility index (Phi) is 2.35. The highest BCUT2D eigenvalue weighted by Crippen LogP contribution is 2.20. The molecule has 72 valence electrons. The Morgan fingerprint density at radius 2 is 1.71 bits per heavy atom. The zero-order chi connectivity index (χ0) is 9.97. The average molecular weight is 189 g/mol. The van der Waals surface area contributed by atoms with E-state index in [4.69, 9.17) is 0 Å². The standard InChI is InChI=1S/C12H12FN/c1-10(14-8-4-5-9-14)11-6-2-3-7-12(11)13/h2-10H,1H3. The third kappa shape index (κ3) is 1.55. The van der Waals surface area contributed by atoms with E-state index in [1.54, 1.807) is 6.07 Å². The van der Waals surface area contributed by atoms with Crippen molar-refractivity contribution in [2.24, 2.45) is 0 Å². The number of hydrogen-bond acceptors (Lipinski definition) is 0. The highest BCUT2D eigenvalue weighted by molar-refractivity contribution is 5.21. The van der Waals surface area contributed by atoms with Crippen LogP contribution in [0.1, 0.15) is 18.5 Å². The quantitative estimate of drug-likeness (QED) is 0.683. The SMILES string of the molecule is CC(c1ccccc1F)n1cccc1. The smallest absolute Gasteiger partial charge is 0.128 e. The van der Waals surface area contributed by atoms with E-state index in [2.05, 4.69) is 0 Å². The normalized spacial score (nSPS) is 12.7. The predicted molar refractivity (Wildman–Crippen MR) is 54.6 cm³/mol. The molecule has 1 aromatic heterocycles. The molecule has 0 radical (unpaired) electrons. The van der Waals surface area contributed by atoms with Gasteiger partial charge in [-0.15, -0.1) is 0 Å². The van der Waals surface area contributed by atoms with Gasteiger partial charge in [-0.25, -0.2) is 4.39 Å². The summed E-state index contributed by atoms with van der Waals surface area (Å²) in [6.45, 7) is 1.98. The lowest BCUT2D eigenvalue weighted by atomic mass is 10.1. The summed E-state index contributed by atoms with van der Waals surface area (Å²) in [5, 5.41) is 0. The van der Waals surface area contributed by atoms with Gasteiger partial charge in [-0.1, -0.05) is 18.2 Å². The van der Waals surface area contributed by atoms with Crippen molar-refractivity contribution in [1.82, 2.24) is 4.57 Å². The minimum Gasteiger partial charge on any atom is -0.347 e. The van der Waals surface area contributed by atoms with E-state index in [0.29, 0.717) is 0 Å². The van der Waals surface area contributed by atoms with Gasteiger partial charge in [-0.2, -0.15) is 0 Å². The highest BCUT2D eigenvalue weighted by Gasteiger charge is 2.10. The molecule has 1 heterocycles. The minimum atomic E-state index is -0.145. The fraction of sp³-hybridized carbons (Fsp3) is 0.167. The molecule has 1 unspecified atom stereocenters. The van der Waals surface area contributed by atoms with Crippen LogP contribution in [0.3, 0.4) is 0 Å². The van der Waals surface area contributed by atoms with Crippen LogP contribution < -0.4 is 0 Å². The first-order valence-corrected chi connectivity index (χ1v) is 4.66. The van der Waals surface area contributed by atoms with Crippen LogP contribution in [0.5, 0.6) is 0 Å². The van der Waals surface area contributed by atoms with Crippen LogP contribution in [0.15, 0.2) is 48.8 Å². The Morgan fingerprint density at radius 1 is 1.07 bits per heavy atom. The molecule has 0 aliphatic heterocycles. The molecule has 1 nitrogen and oxygen atoms in total. The van der Waals surface area contributed by atoms with Crippen LogP contribution in [0.2, 0.25) is 0 Å². The summed E-state index contributed by atoms with van der Waals surface area (Å²) in [6, 6.07) is 10.8. The molecular weight excluding hydrogens is 177 g/mol. The molecule has 0 saturated heterocycles. The molecule has 0 spiro atoms. The lowest BCUT2D eigenvalue weighted by molar-refractivity contribution is 0.558. The Balaban J connectivity index is 2.37. The third-order valence-electron chi connectivity index (χ3n) is 2.43. The van der Waals surface area contributed by atoms with Crippen molar-refractivity contribution in [1.29, 1.82) is 0 Å². The summed E-state index contributed by atoms with van der Waals surface area (Å²) < 4.78 is 15.4. The predicted octanol–water partition coefficient (Wildman–Crippen LogP) is 3.24. The molecule has 0 amide bonds. The molecule has 1 aromatic carbocycles. The van der Waals surface area contributed by atoms with Gasteiger partial charge in [0.1, 0.15) is 5.82 Å². The molecule has 2 heteroatoms. The van der Waals surface area contributed by atoms with E-state index >= 15 is 0 Å². The van der Waals surface area contributed by atoms with Gasteiger partial charge in [-0.05, 0) is 25.1 Å². The molecular formula is C12H12FN. The topological polar surface area (TPSA) is 4.93 Å². The van der Waals surface area contributed by atoms with Gasteiger partial charge in [0.25, 0.3) is 0 Å². The van der Waals surface area contributed by atoms with Crippen LogP contribution in [0, 0.1) is 5.82 Å². The summed E-state index contributed by atoms with van der Waals surface area (Å²) in [5.74, 6) is -0.145. The van der Waals surface area contributed by atoms with Crippen molar-refractivity contribution < 1.29 is 4.39 Å². The van der Waals surface area contributed by atoms with Crippen molar-refractivity contribution in [3.63, 3.8) is 0 Å². The molecule has 0 bridgehead atoms. The first-order valence-electron chi connectivity index (χ1n) is 4.66. The van der Waals surface area contributed by atoms with Gasteiger partial charge >= 0.3 is 0 Å². The van der Waals surface area contributed by atoms with E-state index in [-0.39, 0.29) is 11.9 Å². The molecule has 2 aromatic rings. The number of aromatic nitrogens is 1. The van der Waals surface area contributed by atoms with Gasteiger partial charge in [0.2, 0.25) is 0 Å². The van der Waals surface area contributed by atoms with E-state index in [1.165, 1.54) is 6.07 Å². The molecule has 1 atom stereocenters. The van der Waals surface area contributed by atoms with Crippen molar-refractivity contribution in [3.8, 4) is 0 Å². The maximum Gasteiger partial charge on any atom is 0.128 e. The van der Waals surface area contributed by atoms with E-state index in [9.17, 15) is 4.39 Å². The van der Waals surface area contributed by atoms with Crippen LogP contribution in [-0.4, -0.2) is 4.57 Å². The number of hydrogen-bond donors (Lipinski definition) is 0. The Morgan fingerprint density at radius 3 is 2.36 bits per heavy atom. The van der Waals surface area contributed by atoms with Crippen molar-refractivity contribution in [3.05, 3.63) is 60.2 Å². The second-order valence-electron chi connectivity index (χ2n) is 3.33. The van der Waals surface area contributed by atoms with Crippen molar-refractivity contribution in [2.75, 3.05) is 0 Å². The van der Waals surface area contributed by atoms with Gasteiger partial charge in [0, 0.05) is 18.0 Å². The van der Waals surface area contributed by atoms with Gasteiger partial charge < -0.3 is 4.57 Å². The van der Waals surface area contributed by atoms with E-state index in [1.807, 2.05) is 48.1 Å². The summed E-state index contributed by atoms with van der Waals surface area (Å²) in [6.07, 6.45) is 3.88. The zero-order valence-electron chi connectivity index (χ0n) is 8.02. The largest absolute Gasteiger partial charge is 0.347 e. The molecule has 0 fully saturated rings. The van der Waals surface area contributed by atoms with Crippen LogP contribution >= 0.6 is 0 Å². The summed E-state index contributed by atoms with van der Waals surface area (Å²) in [7, 11) is 0. The van der Waals surface area contributed by atoms with Crippen molar-refractivity contribution >= 4 is 0 Å². The first-order chi connectivity index (χ1) is 6.79. The number of rotatable bonds is 2. The summed E-state index contributed by atoms with van der Waals surface area (Å²) in [4.78, 5) is 0. The van der Waals surface area contributed by atoms with Crippen molar-refractivity contribution in [2.45, 2.75) is 13.0 Å². The number of benzene rings is 1. The highest BCUT2D eigenvalue weighted by atomic mass is 19.1. The van der Waals surface area contributed by atoms with E-state index in [0.717, 1.165) is 5.56 Å². The van der Waals surface area contributed by atoms with Crippen LogP contribution in [-0.2, 0) is 0 Å². The molecule has 2 rings (SSSR count). The van der Waals surface area contributed by atoms with Crippen LogP contribution in [0.25, 0.3) is 0 Å². The van der Waals surface area contributed by atoms with Gasteiger partial charge in [0.15, 0.2) is 0 Å². The number of nitrogens with zero attached hydrogens (tertiary/aromatic N) is 1. The minimum absolute atomic E-state index is 0.0474. The van der Waals surface area contributed by atoms with E-state index < -0.39 is 0 Å². The summed E-state index contributed by atoms with van der Waals surface area (Å²) in [5.41, 5.74) is 0.726. The summed E-state index contributed by atoms with van der Waals surface area (Å²) >= 11 is 0. The Bertz CT molecular complexity index is 406. The Labute approximate surface area is 82.8 Å². The molecule has 0 aliphatic carbocycles. The monoisotopic (exact) mass is 189 g/mol. The first kappa shape index (κ1) is 9.00. The maximum absolute atomic E-state index is 13.4. The lowest BCUT2D eigenvalue weighted by Crippen LogP contribution is -2.05. The second-order valence-corrected chi connectivity index (χ2v) is 3.33. The molecule has 0 saturated carbocycles. The fourth-order valence-corrected chi connectivity index (χ4v) is 1.58. The Hall–Kier alpha value is -1.57. The fourth-order valence-electron chi connectivity index (χ4n) is 1.58. The molecule has 0 N–H and O–H groups in total. The lowest BCUT2D eigenvalue weighted by Gasteiger charge is -2.14. The van der Waals surface area contributed by atoms with Gasteiger partial charge in [-0.3, -0.25) is 0 Å². The second kappa shape index (κ2) is 3.66. The third-order valence-corrected chi connectivity index (χ3v) is 2.43. The van der Waals surface area contributed by atoms with Crippen LogP contribution in [0.4, 0.5) is 4.39 Å². The molecule has 14 heavy (non-hydrogen) atoms. The zero-order valence-corrected chi connectivity index (χ0v) is 8.02.